The van der Waals surface area contributed by atoms with Crippen molar-refractivity contribution in [1.82, 2.24) is 9.78 Å². The van der Waals surface area contributed by atoms with Crippen molar-refractivity contribution >= 4 is 23.4 Å². The first-order valence-electron chi connectivity index (χ1n) is 3.58. The van der Waals surface area contributed by atoms with Gasteiger partial charge in [0.15, 0.2) is 5.02 Å². The van der Waals surface area contributed by atoms with Crippen molar-refractivity contribution in [3.63, 3.8) is 0 Å². The predicted molar refractivity (Wildman–Crippen MR) is 43.5 cm³/mol. The Hall–Kier alpha value is -1.63. The fourth-order valence-corrected chi connectivity index (χ4v) is 1.05. The molecule has 0 aliphatic carbocycles. The summed E-state index contributed by atoms with van der Waals surface area (Å²) >= 11 is 5.47. The minimum absolute atomic E-state index is 0.00407. The lowest BCUT2D eigenvalue weighted by molar-refractivity contribution is -0.389. The van der Waals surface area contributed by atoms with Gasteiger partial charge in [0.1, 0.15) is 0 Å². The monoisotopic (exact) mass is 218 g/mol. The number of hydrogen-bond acceptors (Lipinski definition) is 5. The van der Waals surface area contributed by atoms with Crippen LogP contribution >= 0.6 is 11.6 Å². The molecule has 14 heavy (non-hydrogen) atoms. The van der Waals surface area contributed by atoms with Crippen molar-refractivity contribution < 1.29 is 14.8 Å². The third-order valence-corrected chi connectivity index (χ3v) is 1.68. The molecule has 8 heteroatoms. The van der Waals surface area contributed by atoms with Crippen molar-refractivity contribution in [3.8, 4) is 0 Å². The summed E-state index contributed by atoms with van der Waals surface area (Å²) in [4.78, 5) is 19.6. The van der Waals surface area contributed by atoms with Gasteiger partial charge >= 0.3 is 5.82 Å². The summed E-state index contributed by atoms with van der Waals surface area (Å²) in [6.45, 7) is -0.00407. The highest BCUT2D eigenvalue weighted by Gasteiger charge is 2.18. The zero-order chi connectivity index (χ0) is 10.7. The predicted octanol–water partition coefficient (Wildman–Crippen LogP) is -0.415. The Morgan fingerprint density at radius 1 is 1.71 bits per heavy atom. The van der Waals surface area contributed by atoms with E-state index in [1.54, 1.807) is 0 Å². The number of aliphatic carboxylic acids is 1. The Kier molecular flexibility index (Phi) is 3.03. The molecule has 0 atom stereocenters. The highest BCUT2D eigenvalue weighted by Crippen LogP contribution is 2.21. The number of aromatic nitrogens is 2. The van der Waals surface area contributed by atoms with Gasteiger partial charge in [0, 0.05) is 12.4 Å². The molecule has 0 unspecified atom stereocenters. The van der Waals surface area contributed by atoms with Gasteiger partial charge in [-0.15, -0.1) is 0 Å². The molecule has 1 rings (SSSR count). The van der Waals surface area contributed by atoms with Crippen LogP contribution in [0.2, 0.25) is 5.02 Å². The maximum atomic E-state index is 10.3. The van der Waals surface area contributed by atoms with E-state index in [0.717, 1.165) is 4.68 Å². The number of carboxylic acid groups (broad SMARTS) is 1. The number of nitro groups is 1. The van der Waals surface area contributed by atoms with E-state index in [0.29, 0.717) is 0 Å². The van der Waals surface area contributed by atoms with Gasteiger partial charge in [0.25, 0.3) is 0 Å². The molecule has 0 aromatic carbocycles. The van der Waals surface area contributed by atoms with Crippen LogP contribution in [0.25, 0.3) is 0 Å². The maximum Gasteiger partial charge on any atom is 0.408 e. The van der Waals surface area contributed by atoms with Crippen LogP contribution < -0.4 is 5.11 Å². The number of carbonyl (C=O) groups excluding carboxylic acids is 1. The Morgan fingerprint density at radius 2 is 2.36 bits per heavy atom. The normalized spacial score (nSPS) is 10.1. The van der Waals surface area contributed by atoms with Crippen LogP contribution in [-0.4, -0.2) is 20.7 Å². The largest absolute Gasteiger partial charge is 0.550 e. The average Bonchev–Trinajstić information content (AvgIpc) is 2.43. The zero-order valence-corrected chi connectivity index (χ0v) is 7.60. The van der Waals surface area contributed by atoms with Crippen LogP contribution in [0.3, 0.4) is 0 Å². The van der Waals surface area contributed by atoms with Gasteiger partial charge in [0.05, 0.1) is 17.8 Å². The molecule has 0 radical (unpaired) electrons. The molecule has 0 spiro atoms. The molecule has 7 nitrogen and oxygen atoms in total. The summed E-state index contributed by atoms with van der Waals surface area (Å²) in [5.74, 6) is -1.73. The van der Waals surface area contributed by atoms with Crippen molar-refractivity contribution in [3.05, 3.63) is 21.3 Å². The average molecular weight is 219 g/mol. The lowest BCUT2D eigenvalue weighted by Crippen LogP contribution is -2.23. The van der Waals surface area contributed by atoms with E-state index in [9.17, 15) is 20.0 Å². The van der Waals surface area contributed by atoms with Gasteiger partial charge in [-0.2, -0.15) is 4.68 Å². The number of hydrogen-bond donors (Lipinski definition) is 0. The van der Waals surface area contributed by atoms with E-state index < -0.39 is 16.7 Å². The number of carbonyl (C=O) groups is 1. The number of nitrogens with zero attached hydrogens (tertiary/aromatic N) is 3. The molecule has 0 saturated heterocycles. The van der Waals surface area contributed by atoms with Crippen LogP contribution in [0.5, 0.6) is 0 Å². The minimum Gasteiger partial charge on any atom is -0.550 e. The lowest BCUT2D eigenvalue weighted by atomic mass is 10.4. The van der Waals surface area contributed by atoms with E-state index in [2.05, 4.69) is 5.10 Å². The molecule has 0 aliphatic heterocycles. The summed E-state index contributed by atoms with van der Waals surface area (Å²) < 4.78 is 1.09. The van der Waals surface area contributed by atoms with Gasteiger partial charge in [-0.05, 0) is 4.92 Å². The number of rotatable bonds is 4. The summed E-state index contributed by atoms with van der Waals surface area (Å²) in [5.41, 5.74) is 0. The van der Waals surface area contributed by atoms with Crippen LogP contribution in [0.1, 0.15) is 6.42 Å². The molecule has 0 N–H and O–H groups in total. The minimum atomic E-state index is -1.25. The van der Waals surface area contributed by atoms with Crippen molar-refractivity contribution in [1.29, 1.82) is 0 Å². The molecule has 76 valence electrons. The van der Waals surface area contributed by atoms with E-state index >= 15 is 0 Å². The SMILES string of the molecule is O=C([O-])CCn1cc(Cl)c([N+](=O)[O-])n1. The summed E-state index contributed by atoms with van der Waals surface area (Å²) in [6, 6.07) is 0. The standard InChI is InChI=1S/C6H6ClN3O4/c7-4-3-9(2-1-5(11)12)8-6(4)10(13)14/h3H,1-2H2,(H,11,12)/p-1. The van der Waals surface area contributed by atoms with Crippen LogP contribution in [0.4, 0.5) is 5.82 Å². The fourth-order valence-electron chi connectivity index (χ4n) is 0.831. The van der Waals surface area contributed by atoms with Gasteiger partial charge in [-0.1, -0.05) is 11.6 Å². The molecule has 0 bridgehead atoms. The Bertz CT molecular complexity index is 375. The van der Waals surface area contributed by atoms with Gasteiger partial charge in [-0.25, -0.2) is 0 Å². The van der Waals surface area contributed by atoms with Gasteiger partial charge in [0.2, 0.25) is 0 Å². The highest BCUT2D eigenvalue weighted by atomic mass is 35.5. The number of carboxylic acids is 1. The summed E-state index contributed by atoms with van der Waals surface area (Å²) in [5, 5.41) is 23.7. The summed E-state index contributed by atoms with van der Waals surface area (Å²) in [7, 11) is 0. The van der Waals surface area contributed by atoms with Crippen LogP contribution in [0, 0.1) is 10.1 Å². The van der Waals surface area contributed by atoms with Crippen molar-refractivity contribution in [2.45, 2.75) is 13.0 Å². The molecule has 1 aromatic heterocycles. The second-order valence-corrected chi connectivity index (χ2v) is 2.85. The Morgan fingerprint density at radius 3 is 2.79 bits per heavy atom. The van der Waals surface area contributed by atoms with Gasteiger partial charge < -0.3 is 20.0 Å². The van der Waals surface area contributed by atoms with Crippen molar-refractivity contribution in [2.75, 3.05) is 0 Å². The molecule has 0 fully saturated rings. The fraction of sp³-hybridized carbons (Fsp3) is 0.333. The topological polar surface area (TPSA) is 101 Å². The molecule has 0 saturated carbocycles. The zero-order valence-electron chi connectivity index (χ0n) is 6.84. The van der Waals surface area contributed by atoms with Crippen molar-refractivity contribution in [2.24, 2.45) is 0 Å². The lowest BCUT2D eigenvalue weighted by Gasteiger charge is -1.97. The smallest absolute Gasteiger partial charge is 0.408 e. The summed E-state index contributed by atoms with van der Waals surface area (Å²) in [6.07, 6.45) is 0.928. The number of halogens is 1. The Labute approximate surface area is 83.0 Å². The molecular formula is C6H5ClN3O4-. The molecular weight excluding hydrogens is 214 g/mol. The first-order chi connectivity index (χ1) is 6.50. The van der Waals surface area contributed by atoms with Crippen LogP contribution in [0.15, 0.2) is 6.20 Å². The van der Waals surface area contributed by atoms with Crippen LogP contribution in [-0.2, 0) is 11.3 Å². The third kappa shape index (κ3) is 2.43. The second kappa shape index (κ2) is 4.05. The second-order valence-electron chi connectivity index (χ2n) is 2.44. The van der Waals surface area contributed by atoms with E-state index in [1.165, 1.54) is 6.20 Å². The molecule has 1 aromatic rings. The quantitative estimate of drug-likeness (QED) is 0.505. The first-order valence-corrected chi connectivity index (χ1v) is 3.95. The molecule has 1 heterocycles. The number of aryl methyl sites for hydroxylation is 1. The highest BCUT2D eigenvalue weighted by molar-refractivity contribution is 6.32. The third-order valence-electron chi connectivity index (χ3n) is 1.42. The van der Waals surface area contributed by atoms with E-state index in [-0.39, 0.29) is 18.0 Å². The van der Waals surface area contributed by atoms with Gasteiger partial charge in [-0.3, -0.25) is 0 Å². The maximum absolute atomic E-state index is 10.3. The first kappa shape index (κ1) is 10.5. The molecule has 0 amide bonds. The van der Waals surface area contributed by atoms with E-state index in [4.69, 9.17) is 11.6 Å². The Balaban J connectivity index is 2.76. The molecule has 0 aliphatic rings. The van der Waals surface area contributed by atoms with E-state index in [1.807, 2.05) is 0 Å².